The molecule has 0 unspecified atom stereocenters. The van der Waals surface area contributed by atoms with Crippen LogP contribution in [0.25, 0.3) is 0 Å². The molecular formula is C19H23N3O3. The van der Waals surface area contributed by atoms with Crippen molar-refractivity contribution in [1.82, 2.24) is 14.7 Å². The molecule has 1 aromatic heterocycles. The summed E-state index contributed by atoms with van der Waals surface area (Å²) in [5, 5.41) is 14.9. The van der Waals surface area contributed by atoms with Crippen LogP contribution in [-0.2, 0) is 22.2 Å². The molecule has 2 atom stereocenters. The third-order valence-corrected chi connectivity index (χ3v) is 5.22. The minimum Gasteiger partial charge on any atom is -0.381 e. The van der Waals surface area contributed by atoms with Gasteiger partial charge in [0.1, 0.15) is 5.60 Å². The predicted octanol–water partition coefficient (Wildman–Crippen LogP) is 1.62. The zero-order chi connectivity index (χ0) is 17.4. The molecule has 6 nitrogen and oxygen atoms in total. The van der Waals surface area contributed by atoms with Gasteiger partial charge in [-0.3, -0.25) is 9.48 Å². The molecule has 1 amide bonds. The average molecular weight is 341 g/mol. The first-order valence-electron chi connectivity index (χ1n) is 8.74. The maximum absolute atomic E-state index is 13.0. The van der Waals surface area contributed by atoms with E-state index >= 15 is 0 Å². The second-order valence-corrected chi connectivity index (χ2v) is 7.08. The number of nitrogens with zero attached hydrogens (tertiary/aromatic N) is 3. The maximum Gasteiger partial charge on any atom is 0.228 e. The van der Waals surface area contributed by atoms with E-state index in [2.05, 4.69) is 5.10 Å². The topological polar surface area (TPSA) is 67.6 Å². The number of hydrogen-bond donors (Lipinski definition) is 1. The van der Waals surface area contributed by atoms with E-state index in [1.165, 1.54) is 0 Å². The molecule has 0 saturated carbocycles. The van der Waals surface area contributed by atoms with Crippen LogP contribution in [-0.4, -0.2) is 45.4 Å². The second kappa shape index (κ2) is 6.28. The number of carbonyl (C=O) groups excluding carboxylic acids is 1. The van der Waals surface area contributed by atoms with Gasteiger partial charge in [-0.2, -0.15) is 5.10 Å². The summed E-state index contributed by atoms with van der Waals surface area (Å²) in [6.07, 6.45) is 5.11. The first-order valence-corrected chi connectivity index (χ1v) is 8.74. The Morgan fingerprint density at radius 3 is 2.76 bits per heavy atom. The van der Waals surface area contributed by atoms with Gasteiger partial charge in [0.25, 0.3) is 0 Å². The molecule has 0 aliphatic carbocycles. The van der Waals surface area contributed by atoms with Crippen molar-refractivity contribution in [1.29, 1.82) is 0 Å². The summed E-state index contributed by atoms with van der Waals surface area (Å²) < 4.78 is 7.63. The van der Waals surface area contributed by atoms with Gasteiger partial charge in [-0.15, -0.1) is 0 Å². The number of benzene rings is 1. The van der Waals surface area contributed by atoms with Gasteiger partial charge in [-0.25, -0.2) is 0 Å². The van der Waals surface area contributed by atoms with Gasteiger partial charge < -0.3 is 14.7 Å². The van der Waals surface area contributed by atoms with Crippen molar-refractivity contribution in [3.63, 3.8) is 0 Å². The molecule has 0 radical (unpaired) electrons. The molecule has 2 aromatic rings. The standard InChI is InChI=1S/C19H23N3O3/c1-21-11-14(10-20-21)17-16(8-5-9-25-17)18(23)22-12-19(24,13-22)15-6-3-2-4-7-15/h2-4,6-7,10-11,16-17,24H,5,8-9,12-13H2,1H3/t16-,17+/m1/s1. The van der Waals surface area contributed by atoms with Gasteiger partial charge in [0.15, 0.2) is 0 Å². The lowest BCUT2D eigenvalue weighted by atomic mass is 9.83. The smallest absolute Gasteiger partial charge is 0.228 e. The summed E-state index contributed by atoms with van der Waals surface area (Å²) in [7, 11) is 1.86. The number of carbonyl (C=O) groups is 1. The highest BCUT2D eigenvalue weighted by Gasteiger charge is 2.48. The molecule has 2 fully saturated rings. The zero-order valence-electron chi connectivity index (χ0n) is 14.3. The zero-order valence-corrected chi connectivity index (χ0v) is 14.3. The molecule has 4 rings (SSSR count). The van der Waals surface area contributed by atoms with E-state index in [4.69, 9.17) is 4.74 Å². The molecule has 0 spiro atoms. The number of likely N-dealkylation sites (tertiary alicyclic amines) is 1. The summed E-state index contributed by atoms with van der Waals surface area (Å²) in [6.45, 7) is 1.34. The molecule has 0 bridgehead atoms. The largest absolute Gasteiger partial charge is 0.381 e. The van der Waals surface area contributed by atoms with Crippen LogP contribution in [0.4, 0.5) is 0 Å². The Kier molecular flexibility index (Phi) is 4.09. The number of hydrogen-bond acceptors (Lipinski definition) is 4. The second-order valence-electron chi connectivity index (χ2n) is 7.08. The monoisotopic (exact) mass is 341 g/mol. The number of aliphatic hydroxyl groups is 1. The SMILES string of the molecule is Cn1cc([C@@H]2OCCC[C@H]2C(=O)N2CC(O)(c3ccccc3)C2)cn1. The number of amides is 1. The normalized spacial score (nSPS) is 25.4. The van der Waals surface area contributed by atoms with E-state index in [0.717, 1.165) is 24.0 Å². The van der Waals surface area contributed by atoms with Crippen LogP contribution >= 0.6 is 0 Å². The fourth-order valence-corrected chi connectivity index (χ4v) is 3.86. The van der Waals surface area contributed by atoms with E-state index in [-0.39, 0.29) is 17.9 Å². The van der Waals surface area contributed by atoms with Crippen molar-refractivity contribution in [3.8, 4) is 0 Å². The van der Waals surface area contributed by atoms with Gasteiger partial charge >= 0.3 is 0 Å². The molecule has 2 aliphatic rings. The average Bonchev–Trinajstić information content (AvgIpc) is 3.05. The summed E-state index contributed by atoms with van der Waals surface area (Å²) in [5.41, 5.74) is 0.873. The third-order valence-electron chi connectivity index (χ3n) is 5.22. The highest BCUT2D eigenvalue weighted by Crippen LogP contribution is 2.38. The maximum atomic E-state index is 13.0. The Morgan fingerprint density at radius 2 is 2.08 bits per heavy atom. The van der Waals surface area contributed by atoms with E-state index in [1.54, 1.807) is 15.8 Å². The first kappa shape index (κ1) is 16.3. The number of rotatable bonds is 3. The Morgan fingerprint density at radius 1 is 1.32 bits per heavy atom. The van der Waals surface area contributed by atoms with Crippen LogP contribution in [0.15, 0.2) is 42.7 Å². The number of ether oxygens (including phenoxy) is 1. The highest BCUT2D eigenvalue weighted by atomic mass is 16.5. The van der Waals surface area contributed by atoms with E-state index in [1.807, 2.05) is 43.6 Å². The Bertz CT molecular complexity index is 752. The van der Waals surface area contributed by atoms with Crippen molar-refractivity contribution < 1.29 is 14.6 Å². The fourth-order valence-electron chi connectivity index (χ4n) is 3.86. The van der Waals surface area contributed by atoms with Crippen molar-refractivity contribution in [2.45, 2.75) is 24.5 Å². The summed E-state index contributed by atoms with van der Waals surface area (Å²) in [6, 6.07) is 9.55. The van der Waals surface area contributed by atoms with Gasteiger partial charge in [0.2, 0.25) is 5.91 Å². The van der Waals surface area contributed by atoms with Crippen LogP contribution in [0, 0.1) is 5.92 Å². The van der Waals surface area contributed by atoms with Crippen LogP contribution in [0.3, 0.4) is 0 Å². The molecule has 2 saturated heterocycles. The number of aryl methyl sites for hydroxylation is 1. The third kappa shape index (κ3) is 2.96. The lowest BCUT2D eigenvalue weighted by molar-refractivity contribution is -0.169. The first-order chi connectivity index (χ1) is 12.1. The van der Waals surface area contributed by atoms with E-state index in [0.29, 0.717) is 19.7 Å². The summed E-state index contributed by atoms with van der Waals surface area (Å²) in [5.74, 6) is -0.146. The fraction of sp³-hybridized carbons (Fsp3) is 0.474. The minimum atomic E-state index is -0.934. The lowest BCUT2D eigenvalue weighted by Gasteiger charge is -2.48. The summed E-state index contributed by atoms with van der Waals surface area (Å²) in [4.78, 5) is 14.7. The van der Waals surface area contributed by atoms with Gasteiger partial charge in [-0.05, 0) is 18.4 Å². The van der Waals surface area contributed by atoms with Crippen LogP contribution in [0.2, 0.25) is 0 Å². The number of β-amino-alcohol motifs (C(OH)–C–C–N with tert-alkyl or cyclic N) is 1. The van der Waals surface area contributed by atoms with Gasteiger partial charge in [0, 0.05) is 25.4 Å². The van der Waals surface area contributed by atoms with E-state index in [9.17, 15) is 9.90 Å². The molecule has 3 heterocycles. The molecule has 6 heteroatoms. The molecule has 1 N–H and O–H groups in total. The molecule has 1 aromatic carbocycles. The Hall–Kier alpha value is -2.18. The Labute approximate surface area is 147 Å². The van der Waals surface area contributed by atoms with Crippen molar-refractivity contribution in [2.75, 3.05) is 19.7 Å². The highest BCUT2D eigenvalue weighted by molar-refractivity contribution is 5.81. The van der Waals surface area contributed by atoms with Gasteiger partial charge in [0.05, 0.1) is 31.3 Å². The molecule has 132 valence electrons. The van der Waals surface area contributed by atoms with Crippen molar-refractivity contribution in [3.05, 3.63) is 53.9 Å². The molecule has 25 heavy (non-hydrogen) atoms. The van der Waals surface area contributed by atoms with Crippen LogP contribution in [0.1, 0.15) is 30.1 Å². The van der Waals surface area contributed by atoms with Crippen molar-refractivity contribution in [2.24, 2.45) is 13.0 Å². The van der Waals surface area contributed by atoms with Crippen LogP contribution in [0.5, 0.6) is 0 Å². The predicted molar refractivity (Wildman–Crippen MR) is 91.5 cm³/mol. The van der Waals surface area contributed by atoms with Crippen molar-refractivity contribution >= 4 is 5.91 Å². The molecule has 2 aliphatic heterocycles. The van der Waals surface area contributed by atoms with Gasteiger partial charge in [-0.1, -0.05) is 30.3 Å². The molecular weight excluding hydrogens is 318 g/mol. The lowest BCUT2D eigenvalue weighted by Crippen LogP contribution is -2.62. The quantitative estimate of drug-likeness (QED) is 0.921. The Balaban J connectivity index is 1.47. The number of aromatic nitrogens is 2. The summed E-state index contributed by atoms with van der Waals surface area (Å²) >= 11 is 0. The van der Waals surface area contributed by atoms with E-state index < -0.39 is 5.60 Å². The minimum absolute atomic E-state index is 0.0640. The van der Waals surface area contributed by atoms with Crippen LogP contribution < -0.4 is 0 Å².